The summed E-state index contributed by atoms with van der Waals surface area (Å²) in [7, 11) is 2.22. The molecule has 19 heavy (non-hydrogen) atoms. The Balaban J connectivity index is 2.61. The number of hydrogen-bond acceptors (Lipinski definition) is 2. The highest BCUT2D eigenvalue weighted by Crippen LogP contribution is 2.33. The maximum absolute atomic E-state index is 6.00. The predicted molar refractivity (Wildman–Crippen MR) is 91.7 cm³/mol. The van der Waals surface area contributed by atoms with E-state index in [1.54, 1.807) is 11.3 Å². The first kappa shape index (κ1) is 17.5. The van der Waals surface area contributed by atoms with Gasteiger partial charge in [-0.15, -0.1) is 11.3 Å². The van der Waals surface area contributed by atoms with Crippen molar-refractivity contribution >= 4 is 38.9 Å². The molecule has 0 spiro atoms. The van der Waals surface area contributed by atoms with E-state index >= 15 is 0 Å². The normalized spacial score (nSPS) is 12.3. The molecular formula is C15H25BrClNS. The van der Waals surface area contributed by atoms with Gasteiger partial charge >= 0.3 is 0 Å². The van der Waals surface area contributed by atoms with Crippen LogP contribution in [-0.2, 0) is 6.54 Å². The highest BCUT2D eigenvalue weighted by molar-refractivity contribution is 9.09. The van der Waals surface area contributed by atoms with Crippen LogP contribution in [0.3, 0.4) is 0 Å². The summed E-state index contributed by atoms with van der Waals surface area (Å²) in [6.07, 6.45) is 5.10. The Hall–Kier alpha value is 0.430. The molecule has 110 valence electrons. The van der Waals surface area contributed by atoms with Gasteiger partial charge in [-0.05, 0) is 37.4 Å². The van der Waals surface area contributed by atoms with E-state index < -0.39 is 0 Å². The second-order valence-corrected chi connectivity index (χ2v) is 7.87. The van der Waals surface area contributed by atoms with Crippen LogP contribution in [0, 0.1) is 5.41 Å². The van der Waals surface area contributed by atoms with Crippen molar-refractivity contribution in [2.24, 2.45) is 5.41 Å². The van der Waals surface area contributed by atoms with Crippen LogP contribution in [0.5, 0.6) is 0 Å². The van der Waals surface area contributed by atoms with Crippen LogP contribution in [0.15, 0.2) is 12.1 Å². The number of rotatable bonds is 9. The lowest BCUT2D eigenvalue weighted by molar-refractivity contribution is 0.167. The average Bonchev–Trinajstić information content (AvgIpc) is 2.75. The lowest BCUT2D eigenvalue weighted by atomic mass is 9.81. The zero-order valence-corrected chi connectivity index (χ0v) is 15.4. The molecule has 1 rings (SSSR count). The van der Waals surface area contributed by atoms with Gasteiger partial charge in [0.1, 0.15) is 0 Å². The molecule has 1 nitrogen and oxygen atoms in total. The fraction of sp³-hybridized carbons (Fsp3) is 0.733. The zero-order valence-electron chi connectivity index (χ0n) is 12.2. The molecule has 4 heteroatoms. The van der Waals surface area contributed by atoms with E-state index in [1.807, 2.05) is 6.07 Å². The molecule has 0 atom stereocenters. The largest absolute Gasteiger partial charge is 0.301 e. The maximum atomic E-state index is 6.00. The Bertz CT molecular complexity index is 361. The molecule has 0 aromatic carbocycles. The fourth-order valence-corrected chi connectivity index (χ4v) is 4.76. The third kappa shape index (κ3) is 5.74. The standard InChI is InChI=1S/C15H25BrClNS/c1-4-8-15(11-16,9-5-2)12-18(3)10-13-6-7-14(17)19-13/h6-7H,4-5,8-12H2,1-3H3. The van der Waals surface area contributed by atoms with Gasteiger partial charge < -0.3 is 4.90 Å². The van der Waals surface area contributed by atoms with E-state index in [-0.39, 0.29) is 0 Å². The van der Waals surface area contributed by atoms with E-state index in [9.17, 15) is 0 Å². The second-order valence-electron chi connectivity index (χ2n) is 5.51. The molecule has 0 N–H and O–H groups in total. The summed E-state index contributed by atoms with van der Waals surface area (Å²) in [6.45, 7) is 6.72. The minimum absolute atomic E-state index is 0.416. The minimum Gasteiger partial charge on any atom is -0.301 e. The zero-order chi connectivity index (χ0) is 14.3. The van der Waals surface area contributed by atoms with E-state index in [1.165, 1.54) is 30.6 Å². The quantitative estimate of drug-likeness (QED) is 0.498. The first-order valence-corrected chi connectivity index (χ1v) is 9.35. The lowest BCUT2D eigenvalue weighted by Crippen LogP contribution is -2.36. The van der Waals surface area contributed by atoms with E-state index in [4.69, 9.17) is 11.6 Å². The predicted octanol–water partition coefficient (Wildman–Crippen LogP) is 5.81. The fourth-order valence-electron chi connectivity index (χ4n) is 2.85. The summed E-state index contributed by atoms with van der Waals surface area (Å²) in [5.74, 6) is 0. The Morgan fingerprint density at radius 2 is 1.89 bits per heavy atom. The topological polar surface area (TPSA) is 3.24 Å². The van der Waals surface area contributed by atoms with Gasteiger partial charge in [-0.25, -0.2) is 0 Å². The van der Waals surface area contributed by atoms with E-state index in [0.717, 1.165) is 22.8 Å². The van der Waals surface area contributed by atoms with Gasteiger partial charge in [-0.3, -0.25) is 0 Å². The van der Waals surface area contributed by atoms with Crippen LogP contribution < -0.4 is 0 Å². The van der Waals surface area contributed by atoms with Crippen molar-refractivity contribution in [3.05, 3.63) is 21.3 Å². The average molecular weight is 367 g/mol. The molecule has 0 amide bonds. The molecule has 0 unspecified atom stereocenters. The molecule has 0 aliphatic heterocycles. The van der Waals surface area contributed by atoms with Crippen molar-refractivity contribution in [3.8, 4) is 0 Å². The van der Waals surface area contributed by atoms with Gasteiger partial charge in [0, 0.05) is 23.3 Å². The van der Waals surface area contributed by atoms with Crippen LogP contribution in [0.2, 0.25) is 4.34 Å². The van der Waals surface area contributed by atoms with Crippen LogP contribution in [-0.4, -0.2) is 23.8 Å². The molecule has 1 heterocycles. The van der Waals surface area contributed by atoms with Gasteiger partial charge in [0.05, 0.1) is 4.34 Å². The van der Waals surface area contributed by atoms with Crippen molar-refractivity contribution in [2.45, 2.75) is 46.1 Å². The summed E-state index contributed by atoms with van der Waals surface area (Å²) >= 11 is 11.4. The van der Waals surface area contributed by atoms with Crippen molar-refractivity contribution in [1.29, 1.82) is 0 Å². The molecule has 0 radical (unpaired) electrons. The molecule has 1 aromatic rings. The van der Waals surface area contributed by atoms with Crippen molar-refractivity contribution < 1.29 is 0 Å². The summed E-state index contributed by atoms with van der Waals surface area (Å²) in [5.41, 5.74) is 0.416. The second kappa shape index (κ2) is 8.66. The van der Waals surface area contributed by atoms with Crippen LogP contribution >= 0.6 is 38.9 Å². The summed E-state index contributed by atoms with van der Waals surface area (Å²) in [5, 5.41) is 1.09. The van der Waals surface area contributed by atoms with Gasteiger partial charge in [-0.2, -0.15) is 0 Å². The van der Waals surface area contributed by atoms with Gasteiger partial charge in [0.2, 0.25) is 0 Å². The molecule has 0 bridgehead atoms. The number of halogens is 2. The first-order chi connectivity index (χ1) is 9.05. The third-order valence-corrected chi connectivity index (χ3v) is 5.91. The minimum atomic E-state index is 0.416. The lowest BCUT2D eigenvalue weighted by Gasteiger charge is -2.35. The van der Waals surface area contributed by atoms with Crippen LogP contribution in [0.25, 0.3) is 0 Å². The molecule has 1 aromatic heterocycles. The van der Waals surface area contributed by atoms with Crippen molar-refractivity contribution in [1.82, 2.24) is 4.90 Å². The summed E-state index contributed by atoms with van der Waals surface area (Å²) in [4.78, 5) is 3.79. The highest BCUT2D eigenvalue weighted by atomic mass is 79.9. The number of alkyl halides is 1. The van der Waals surface area contributed by atoms with Gasteiger partial charge in [-0.1, -0.05) is 54.2 Å². The SMILES string of the molecule is CCCC(CBr)(CCC)CN(C)Cc1ccc(Cl)s1. The Kier molecular flexibility index (Phi) is 7.97. The summed E-state index contributed by atoms with van der Waals surface area (Å²) < 4.78 is 0.886. The van der Waals surface area contributed by atoms with Crippen LogP contribution in [0.1, 0.15) is 44.4 Å². The Morgan fingerprint density at radius 1 is 1.26 bits per heavy atom. The molecule has 0 saturated carbocycles. The molecule has 0 aliphatic carbocycles. The Morgan fingerprint density at radius 3 is 2.32 bits per heavy atom. The van der Waals surface area contributed by atoms with Gasteiger partial charge in [0.15, 0.2) is 0 Å². The molecule has 0 saturated heterocycles. The van der Waals surface area contributed by atoms with E-state index in [0.29, 0.717) is 5.41 Å². The van der Waals surface area contributed by atoms with Crippen molar-refractivity contribution in [2.75, 3.05) is 18.9 Å². The smallest absolute Gasteiger partial charge is 0.0931 e. The highest BCUT2D eigenvalue weighted by Gasteiger charge is 2.28. The number of nitrogens with zero attached hydrogens (tertiary/aromatic N) is 1. The van der Waals surface area contributed by atoms with Crippen LogP contribution in [0.4, 0.5) is 0 Å². The number of hydrogen-bond donors (Lipinski definition) is 0. The number of thiophene rings is 1. The molecular weight excluding hydrogens is 342 g/mol. The summed E-state index contributed by atoms with van der Waals surface area (Å²) in [6, 6.07) is 4.13. The maximum Gasteiger partial charge on any atom is 0.0931 e. The molecule has 0 aliphatic rings. The van der Waals surface area contributed by atoms with Crippen molar-refractivity contribution in [3.63, 3.8) is 0 Å². The monoisotopic (exact) mass is 365 g/mol. The third-order valence-electron chi connectivity index (χ3n) is 3.50. The Labute approximate surface area is 135 Å². The first-order valence-electron chi connectivity index (χ1n) is 7.04. The molecule has 0 fully saturated rings. The van der Waals surface area contributed by atoms with E-state index in [2.05, 4.69) is 47.8 Å². The van der Waals surface area contributed by atoms with Gasteiger partial charge in [0.25, 0.3) is 0 Å².